The molecular formula is C19H26N2O4. The lowest BCUT2D eigenvalue weighted by atomic mass is 9.94. The minimum absolute atomic E-state index is 0.135. The van der Waals surface area contributed by atoms with Crippen LogP contribution in [-0.2, 0) is 20.8 Å². The van der Waals surface area contributed by atoms with E-state index in [2.05, 4.69) is 4.90 Å². The normalized spacial score (nSPS) is 19.6. The zero-order valence-corrected chi connectivity index (χ0v) is 14.8. The Kier molecular flexibility index (Phi) is 6.04. The van der Waals surface area contributed by atoms with E-state index in [9.17, 15) is 9.59 Å². The van der Waals surface area contributed by atoms with E-state index < -0.39 is 0 Å². The quantitative estimate of drug-likeness (QED) is 0.774. The van der Waals surface area contributed by atoms with Crippen LogP contribution in [0.4, 0.5) is 0 Å². The topological polar surface area (TPSA) is 59.1 Å². The first-order valence-corrected chi connectivity index (χ1v) is 8.93. The van der Waals surface area contributed by atoms with Gasteiger partial charge in [-0.2, -0.15) is 0 Å². The number of likely N-dealkylation sites (tertiary alicyclic amines) is 1. The van der Waals surface area contributed by atoms with Crippen molar-refractivity contribution >= 4 is 11.9 Å². The SMILES string of the molecule is COC(=O)c1cccc(CN2CCC(C(=O)N3CCOCC3)CC2)c1. The van der Waals surface area contributed by atoms with Gasteiger partial charge in [-0.3, -0.25) is 9.69 Å². The largest absolute Gasteiger partial charge is 0.465 e. The maximum atomic E-state index is 12.6. The van der Waals surface area contributed by atoms with E-state index in [0.717, 1.165) is 51.1 Å². The molecule has 2 aliphatic heterocycles. The Morgan fingerprint density at radius 1 is 1.16 bits per heavy atom. The van der Waals surface area contributed by atoms with Crippen molar-refractivity contribution in [3.8, 4) is 0 Å². The van der Waals surface area contributed by atoms with E-state index in [1.165, 1.54) is 7.11 Å². The molecule has 2 fully saturated rings. The van der Waals surface area contributed by atoms with Crippen LogP contribution in [0.1, 0.15) is 28.8 Å². The van der Waals surface area contributed by atoms with E-state index in [4.69, 9.17) is 9.47 Å². The van der Waals surface area contributed by atoms with Gasteiger partial charge in [0.2, 0.25) is 5.91 Å². The Morgan fingerprint density at radius 2 is 1.88 bits per heavy atom. The minimum Gasteiger partial charge on any atom is -0.465 e. The second-order valence-corrected chi connectivity index (χ2v) is 6.68. The molecule has 2 heterocycles. The molecule has 0 aliphatic carbocycles. The fourth-order valence-corrected chi connectivity index (χ4v) is 3.55. The first-order chi connectivity index (χ1) is 12.2. The molecule has 3 rings (SSSR count). The number of carbonyl (C=O) groups is 2. The van der Waals surface area contributed by atoms with Gasteiger partial charge >= 0.3 is 5.97 Å². The molecule has 0 N–H and O–H groups in total. The summed E-state index contributed by atoms with van der Waals surface area (Å²) in [6, 6.07) is 7.56. The maximum Gasteiger partial charge on any atom is 0.337 e. The number of hydrogen-bond donors (Lipinski definition) is 0. The number of hydrogen-bond acceptors (Lipinski definition) is 5. The van der Waals surface area contributed by atoms with Crippen molar-refractivity contribution < 1.29 is 19.1 Å². The van der Waals surface area contributed by atoms with Gasteiger partial charge in [-0.15, -0.1) is 0 Å². The zero-order chi connectivity index (χ0) is 17.6. The predicted octanol–water partition coefficient (Wildman–Crippen LogP) is 1.54. The van der Waals surface area contributed by atoms with Crippen LogP contribution in [0, 0.1) is 5.92 Å². The second kappa shape index (κ2) is 8.45. The van der Waals surface area contributed by atoms with E-state index in [1.807, 2.05) is 23.1 Å². The molecule has 2 aliphatic rings. The van der Waals surface area contributed by atoms with Gasteiger partial charge in [0, 0.05) is 25.6 Å². The number of rotatable bonds is 4. The number of carbonyl (C=O) groups excluding carboxylic acids is 2. The molecule has 0 spiro atoms. The third kappa shape index (κ3) is 4.58. The van der Waals surface area contributed by atoms with Gasteiger partial charge in [-0.1, -0.05) is 12.1 Å². The molecular weight excluding hydrogens is 320 g/mol. The highest BCUT2D eigenvalue weighted by Gasteiger charge is 2.29. The zero-order valence-electron chi connectivity index (χ0n) is 14.8. The molecule has 6 nitrogen and oxygen atoms in total. The van der Waals surface area contributed by atoms with Crippen molar-refractivity contribution in [2.24, 2.45) is 5.92 Å². The highest BCUT2D eigenvalue weighted by Crippen LogP contribution is 2.22. The Bertz CT molecular complexity index is 605. The molecule has 25 heavy (non-hydrogen) atoms. The molecule has 0 bridgehead atoms. The molecule has 0 radical (unpaired) electrons. The average Bonchev–Trinajstić information content (AvgIpc) is 2.68. The number of piperidine rings is 1. The number of amides is 1. The summed E-state index contributed by atoms with van der Waals surface area (Å²) in [4.78, 5) is 28.5. The molecule has 1 aromatic carbocycles. The Morgan fingerprint density at radius 3 is 2.56 bits per heavy atom. The van der Waals surface area contributed by atoms with Gasteiger partial charge in [-0.05, 0) is 43.6 Å². The molecule has 136 valence electrons. The first-order valence-electron chi connectivity index (χ1n) is 8.93. The summed E-state index contributed by atoms with van der Waals surface area (Å²) in [7, 11) is 1.39. The van der Waals surface area contributed by atoms with Gasteiger partial charge in [0.25, 0.3) is 0 Å². The monoisotopic (exact) mass is 346 g/mol. The van der Waals surface area contributed by atoms with Crippen LogP contribution in [0.25, 0.3) is 0 Å². The predicted molar refractivity (Wildman–Crippen MR) is 93.2 cm³/mol. The van der Waals surface area contributed by atoms with Crippen molar-refractivity contribution in [1.82, 2.24) is 9.80 Å². The number of ether oxygens (including phenoxy) is 2. The molecule has 0 aromatic heterocycles. The lowest BCUT2D eigenvalue weighted by Gasteiger charge is -2.35. The lowest BCUT2D eigenvalue weighted by molar-refractivity contribution is -0.141. The standard InChI is InChI=1S/C19H26N2O4/c1-24-19(23)17-4-2-3-15(13-17)14-20-7-5-16(6-8-20)18(22)21-9-11-25-12-10-21/h2-4,13,16H,5-12,14H2,1H3. The van der Waals surface area contributed by atoms with Crippen molar-refractivity contribution in [3.63, 3.8) is 0 Å². The Balaban J connectivity index is 1.51. The molecule has 0 atom stereocenters. The van der Waals surface area contributed by atoms with Gasteiger partial charge in [0.15, 0.2) is 0 Å². The van der Waals surface area contributed by atoms with E-state index >= 15 is 0 Å². The summed E-state index contributed by atoms with van der Waals surface area (Å²) >= 11 is 0. The second-order valence-electron chi connectivity index (χ2n) is 6.68. The summed E-state index contributed by atoms with van der Waals surface area (Å²) in [5.74, 6) is 0.114. The highest BCUT2D eigenvalue weighted by molar-refractivity contribution is 5.89. The molecule has 0 unspecified atom stereocenters. The van der Waals surface area contributed by atoms with E-state index in [-0.39, 0.29) is 17.8 Å². The smallest absolute Gasteiger partial charge is 0.337 e. The van der Waals surface area contributed by atoms with Gasteiger partial charge in [-0.25, -0.2) is 4.79 Å². The van der Waals surface area contributed by atoms with E-state index in [1.54, 1.807) is 6.07 Å². The van der Waals surface area contributed by atoms with Gasteiger partial charge in [0.05, 0.1) is 25.9 Å². The van der Waals surface area contributed by atoms with Crippen molar-refractivity contribution in [2.45, 2.75) is 19.4 Å². The third-order valence-corrected chi connectivity index (χ3v) is 5.01. The summed E-state index contributed by atoms with van der Waals surface area (Å²) in [5, 5.41) is 0. The summed E-state index contributed by atoms with van der Waals surface area (Å²) in [6.07, 6.45) is 1.79. The lowest BCUT2D eigenvalue weighted by Crippen LogP contribution is -2.46. The summed E-state index contributed by atoms with van der Waals surface area (Å²) < 4.78 is 10.1. The fourth-order valence-electron chi connectivity index (χ4n) is 3.55. The van der Waals surface area contributed by atoms with Crippen LogP contribution >= 0.6 is 0 Å². The summed E-state index contributed by atoms with van der Waals surface area (Å²) in [5.41, 5.74) is 1.68. The van der Waals surface area contributed by atoms with Gasteiger partial charge in [0.1, 0.15) is 0 Å². The first kappa shape index (κ1) is 17.9. The average molecular weight is 346 g/mol. The van der Waals surface area contributed by atoms with Crippen molar-refractivity contribution in [1.29, 1.82) is 0 Å². The van der Waals surface area contributed by atoms with Crippen LogP contribution < -0.4 is 0 Å². The van der Waals surface area contributed by atoms with Crippen molar-refractivity contribution in [2.75, 3.05) is 46.5 Å². The number of nitrogens with zero attached hydrogens (tertiary/aromatic N) is 2. The van der Waals surface area contributed by atoms with Crippen LogP contribution in [-0.4, -0.2) is 68.2 Å². The van der Waals surface area contributed by atoms with Crippen molar-refractivity contribution in [3.05, 3.63) is 35.4 Å². The molecule has 2 saturated heterocycles. The molecule has 6 heteroatoms. The summed E-state index contributed by atoms with van der Waals surface area (Å²) in [6.45, 7) is 5.36. The number of benzene rings is 1. The van der Waals surface area contributed by atoms with Crippen LogP contribution in [0.5, 0.6) is 0 Å². The Labute approximate surface area is 148 Å². The third-order valence-electron chi connectivity index (χ3n) is 5.01. The molecule has 1 amide bonds. The Hall–Kier alpha value is -1.92. The molecule has 1 aromatic rings. The van der Waals surface area contributed by atoms with E-state index in [0.29, 0.717) is 18.8 Å². The maximum absolute atomic E-state index is 12.6. The fraction of sp³-hybridized carbons (Fsp3) is 0.579. The van der Waals surface area contributed by atoms with Crippen LogP contribution in [0.2, 0.25) is 0 Å². The number of morpholine rings is 1. The van der Waals surface area contributed by atoms with Gasteiger partial charge < -0.3 is 14.4 Å². The van der Waals surface area contributed by atoms with Crippen LogP contribution in [0.3, 0.4) is 0 Å². The molecule has 0 saturated carbocycles. The number of methoxy groups -OCH3 is 1. The highest BCUT2D eigenvalue weighted by atomic mass is 16.5. The minimum atomic E-state index is -0.309. The van der Waals surface area contributed by atoms with Crippen LogP contribution in [0.15, 0.2) is 24.3 Å². The number of esters is 1.